The number of anilines is 1. The Morgan fingerprint density at radius 2 is 1.43 bits per heavy atom. The van der Waals surface area contributed by atoms with E-state index < -0.39 is 27.7 Å². The van der Waals surface area contributed by atoms with Crippen LogP contribution in [0.1, 0.15) is 37.8 Å². The van der Waals surface area contributed by atoms with Crippen LogP contribution in [0.4, 0.5) is 14.5 Å². The molecule has 2 amide bonds. The number of sulfonamides is 1. The number of carbonyl (C=O) groups is 2. The summed E-state index contributed by atoms with van der Waals surface area (Å²) in [7, 11) is -3.70. The highest BCUT2D eigenvalue weighted by atomic mass is 32.2. The molecular weight excluding hydrogens is 536 g/mol. The van der Waals surface area contributed by atoms with Crippen LogP contribution in [0, 0.1) is 11.6 Å². The molecule has 214 valence electrons. The summed E-state index contributed by atoms with van der Waals surface area (Å²) in [6, 6.07) is 19.1. The van der Waals surface area contributed by atoms with E-state index in [0.717, 1.165) is 16.1 Å². The molecule has 0 heterocycles. The summed E-state index contributed by atoms with van der Waals surface area (Å²) in [5.74, 6) is -1.58. The highest BCUT2D eigenvalue weighted by Gasteiger charge is 2.31. The molecule has 0 saturated heterocycles. The number of halogens is 2. The van der Waals surface area contributed by atoms with E-state index >= 15 is 0 Å². The zero-order chi connectivity index (χ0) is 29.3. The Kier molecular flexibility index (Phi) is 10.8. The lowest BCUT2D eigenvalue weighted by atomic mass is 10.0. The predicted molar refractivity (Wildman–Crippen MR) is 152 cm³/mol. The van der Waals surface area contributed by atoms with Gasteiger partial charge in [0.15, 0.2) is 0 Å². The second-order valence-electron chi connectivity index (χ2n) is 9.93. The lowest BCUT2D eigenvalue weighted by Gasteiger charge is -2.32. The fourth-order valence-corrected chi connectivity index (χ4v) is 5.30. The molecule has 1 atom stereocenters. The van der Waals surface area contributed by atoms with Gasteiger partial charge in [-0.3, -0.25) is 13.9 Å². The molecule has 40 heavy (non-hydrogen) atoms. The maximum Gasteiger partial charge on any atom is 0.243 e. The molecule has 0 radical (unpaired) electrons. The van der Waals surface area contributed by atoms with Crippen LogP contribution < -0.4 is 9.62 Å². The fraction of sp³-hybridized carbons (Fsp3) is 0.333. The van der Waals surface area contributed by atoms with E-state index in [-0.39, 0.29) is 55.9 Å². The minimum absolute atomic E-state index is 0.0118. The maximum atomic E-state index is 13.7. The highest BCUT2D eigenvalue weighted by molar-refractivity contribution is 7.92. The van der Waals surface area contributed by atoms with Gasteiger partial charge in [-0.05, 0) is 67.8 Å². The predicted octanol–water partition coefficient (Wildman–Crippen LogP) is 4.68. The third kappa shape index (κ3) is 9.15. The molecule has 0 aromatic heterocycles. The van der Waals surface area contributed by atoms with Crippen molar-refractivity contribution >= 4 is 27.5 Å². The number of hydrogen-bond donors (Lipinski definition) is 1. The zero-order valence-electron chi connectivity index (χ0n) is 22.9. The molecule has 3 aromatic rings. The number of rotatable bonds is 13. The van der Waals surface area contributed by atoms with E-state index in [1.165, 1.54) is 41.3 Å². The monoisotopic (exact) mass is 571 g/mol. The van der Waals surface area contributed by atoms with Gasteiger partial charge in [0.1, 0.15) is 17.7 Å². The summed E-state index contributed by atoms with van der Waals surface area (Å²) >= 11 is 0. The Hall–Kier alpha value is -3.79. The zero-order valence-corrected chi connectivity index (χ0v) is 23.7. The molecule has 3 aromatic carbocycles. The summed E-state index contributed by atoms with van der Waals surface area (Å²) < 4.78 is 53.0. The number of hydrogen-bond acceptors (Lipinski definition) is 4. The molecule has 0 fully saturated rings. The first-order chi connectivity index (χ1) is 18.9. The van der Waals surface area contributed by atoms with Crippen LogP contribution >= 0.6 is 0 Å². The lowest BCUT2D eigenvalue weighted by molar-refractivity contribution is -0.141. The Morgan fingerprint density at radius 1 is 0.850 bits per heavy atom. The number of amides is 2. The van der Waals surface area contributed by atoms with Crippen molar-refractivity contribution in [1.29, 1.82) is 0 Å². The van der Waals surface area contributed by atoms with E-state index in [0.29, 0.717) is 5.56 Å². The summed E-state index contributed by atoms with van der Waals surface area (Å²) in [6.45, 7) is 3.72. The van der Waals surface area contributed by atoms with E-state index in [1.807, 2.05) is 44.2 Å². The van der Waals surface area contributed by atoms with Gasteiger partial charge in [0, 0.05) is 32.0 Å². The van der Waals surface area contributed by atoms with Crippen LogP contribution in [0.3, 0.4) is 0 Å². The van der Waals surface area contributed by atoms with Gasteiger partial charge in [-0.15, -0.1) is 0 Å². The van der Waals surface area contributed by atoms with Crippen LogP contribution in [-0.4, -0.2) is 50.0 Å². The van der Waals surface area contributed by atoms with Crippen molar-refractivity contribution < 1.29 is 26.8 Å². The van der Waals surface area contributed by atoms with E-state index in [1.54, 1.807) is 12.1 Å². The number of nitrogens with one attached hydrogen (secondary N) is 1. The molecule has 10 heteroatoms. The van der Waals surface area contributed by atoms with Gasteiger partial charge in [-0.25, -0.2) is 17.2 Å². The maximum absolute atomic E-state index is 13.7. The Labute approximate surface area is 234 Å². The minimum Gasteiger partial charge on any atom is -0.352 e. The largest absolute Gasteiger partial charge is 0.352 e. The molecule has 1 N–H and O–H groups in total. The second-order valence-corrected chi connectivity index (χ2v) is 11.8. The molecule has 0 aliphatic carbocycles. The third-order valence-corrected chi connectivity index (χ3v) is 7.43. The summed E-state index contributed by atoms with van der Waals surface area (Å²) in [5, 5.41) is 2.90. The molecule has 0 saturated carbocycles. The number of nitrogens with zero attached hydrogens (tertiary/aromatic N) is 2. The SMILES string of the molecule is CC(C)NC(=O)C(Cc1ccccc1)N(Cc1ccc(F)cc1)C(=O)CCCN(c1ccc(F)cc1)S(C)(=O)=O. The third-order valence-electron chi connectivity index (χ3n) is 6.23. The average molecular weight is 572 g/mol. The van der Waals surface area contributed by atoms with Gasteiger partial charge >= 0.3 is 0 Å². The molecule has 1 unspecified atom stereocenters. The Bertz CT molecular complexity index is 1370. The van der Waals surface area contributed by atoms with Crippen LogP contribution in [0.25, 0.3) is 0 Å². The van der Waals surface area contributed by atoms with Crippen molar-refractivity contribution in [3.63, 3.8) is 0 Å². The second kappa shape index (κ2) is 14.0. The Balaban J connectivity index is 1.87. The van der Waals surface area contributed by atoms with Crippen LogP contribution in [0.5, 0.6) is 0 Å². The molecule has 0 bridgehead atoms. The number of carbonyl (C=O) groups excluding carboxylic acids is 2. The molecule has 3 rings (SSSR count). The smallest absolute Gasteiger partial charge is 0.243 e. The van der Waals surface area contributed by atoms with Gasteiger partial charge in [-0.1, -0.05) is 42.5 Å². The van der Waals surface area contributed by atoms with E-state index in [2.05, 4.69) is 5.32 Å². The van der Waals surface area contributed by atoms with Crippen molar-refractivity contribution in [3.05, 3.63) is 102 Å². The van der Waals surface area contributed by atoms with Crippen molar-refractivity contribution in [1.82, 2.24) is 10.2 Å². The van der Waals surface area contributed by atoms with Crippen LogP contribution in [0.15, 0.2) is 78.9 Å². The quantitative estimate of drug-likeness (QED) is 0.323. The van der Waals surface area contributed by atoms with Crippen molar-refractivity contribution in [2.45, 2.75) is 51.7 Å². The summed E-state index contributed by atoms with van der Waals surface area (Å²) in [6.07, 6.45) is 1.42. The van der Waals surface area contributed by atoms with Crippen LogP contribution in [-0.2, 0) is 32.6 Å². The van der Waals surface area contributed by atoms with Crippen molar-refractivity contribution in [2.75, 3.05) is 17.1 Å². The average Bonchev–Trinajstić information content (AvgIpc) is 2.90. The topological polar surface area (TPSA) is 86.8 Å². The lowest BCUT2D eigenvalue weighted by Crippen LogP contribution is -2.51. The van der Waals surface area contributed by atoms with E-state index in [4.69, 9.17) is 0 Å². The number of benzene rings is 3. The molecule has 0 aliphatic rings. The van der Waals surface area contributed by atoms with Gasteiger partial charge in [0.05, 0.1) is 11.9 Å². The first-order valence-corrected chi connectivity index (χ1v) is 14.9. The minimum atomic E-state index is -3.70. The van der Waals surface area contributed by atoms with Gasteiger partial charge in [0.2, 0.25) is 21.8 Å². The summed E-state index contributed by atoms with van der Waals surface area (Å²) in [4.78, 5) is 28.6. The first-order valence-electron chi connectivity index (χ1n) is 13.1. The van der Waals surface area contributed by atoms with Crippen molar-refractivity contribution in [2.24, 2.45) is 0 Å². The molecular formula is C30H35F2N3O4S. The van der Waals surface area contributed by atoms with E-state index in [9.17, 15) is 26.8 Å². The molecule has 0 aliphatic heterocycles. The van der Waals surface area contributed by atoms with Crippen molar-refractivity contribution in [3.8, 4) is 0 Å². The first kappa shape index (κ1) is 30.7. The normalized spacial score (nSPS) is 12.2. The van der Waals surface area contributed by atoms with Gasteiger partial charge in [0.25, 0.3) is 0 Å². The van der Waals surface area contributed by atoms with Crippen LogP contribution in [0.2, 0.25) is 0 Å². The summed E-state index contributed by atoms with van der Waals surface area (Å²) in [5.41, 5.74) is 1.80. The molecule has 7 nitrogen and oxygen atoms in total. The fourth-order valence-electron chi connectivity index (χ4n) is 4.33. The molecule has 0 spiro atoms. The Morgan fingerprint density at radius 3 is 1.98 bits per heavy atom. The van der Waals surface area contributed by atoms with Gasteiger partial charge in [-0.2, -0.15) is 0 Å². The van der Waals surface area contributed by atoms with Gasteiger partial charge < -0.3 is 10.2 Å². The standard InChI is InChI=1S/C30H35F2N3O4S/c1-22(2)33-30(37)28(20-23-8-5-4-6-9-23)34(21-24-11-13-25(31)14-12-24)29(36)10-7-19-35(40(3,38)39)27-17-15-26(32)16-18-27/h4-6,8-9,11-18,22,28H,7,10,19-21H2,1-3H3,(H,33,37). The highest BCUT2D eigenvalue weighted by Crippen LogP contribution is 2.21.